The molecule has 0 bridgehead atoms. The van der Waals surface area contributed by atoms with E-state index >= 15 is 0 Å². The van der Waals surface area contributed by atoms with Crippen LogP contribution in [0.1, 0.15) is 58.7 Å². The van der Waals surface area contributed by atoms with Crippen molar-refractivity contribution in [3.05, 3.63) is 15.1 Å². The highest BCUT2D eigenvalue weighted by atomic mass is 127. The molecule has 1 rings (SSSR count). The first kappa shape index (κ1) is 16.6. The lowest BCUT2D eigenvalue weighted by Gasteiger charge is -2.23. The number of aromatic nitrogens is 2. The summed E-state index contributed by atoms with van der Waals surface area (Å²) >= 11 is 2.33. The summed E-state index contributed by atoms with van der Waals surface area (Å²) in [7, 11) is 1.71. The van der Waals surface area contributed by atoms with Crippen LogP contribution in [0.25, 0.3) is 0 Å². The average molecular weight is 377 g/mol. The highest BCUT2D eigenvalue weighted by Gasteiger charge is 2.25. The maximum atomic E-state index is 5.47. The second kappa shape index (κ2) is 6.83. The van der Waals surface area contributed by atoms with Crippen molar-refractivity contribution >= 4 is 28.4 Å². The van der Waals surface area contributed by atoms with E-state index in [1.54, 1.807) is 7.11 Å². The smallest absolute Gasteiger partial charge is 0.159 e. The van der Waals surface area contributed by atoms with Gasteiger partial charge in [-0.3, -0.25) is 0 Å². The van der Waals surface area contributed by atoms with Crippen molar-refractivity contribution in [2.45, 2.75) is 52.6 Å². The monoisotopic (exact) mass is 377 g/mol. The van der Waals surface area contributed by atoms with E-state index in [0.29, 0.717) is 0 Å². The zero-order valence-electron chi connectivity index (χ0n) is 12.7. The molecular weight excluding hydrogens is 353 g/mol. The van der Waals surface area contributed by atoms with Gasteiger partial charge in [0.05, 0.1) is 9.26 Å². The van der Waals surface area contributed by atoms with Gasteiger partial charge in [-0.1, -0.05) is 27.7 Å². The molecule has 1 N–H and O–H groups in total. The summed E-state index contributed by atoms with van der Waals surface area (Å²) < 4.78 is 6.57. The molecule has 108 valence electrons. The lowest BCUT2D eigenvalue weighted by Crippen LogP contribution is -2.21. The summed E-state index contributed by atoms with van der Waals surface area (Å²) in [6.07, 6.45) is 0.821. The van der Waals surface area contributed by atoms with Crippen LogP contribution in [-0.2, 0) is 10.2 Å². The van der Waals surface area contributed by atoms with Gasteiger partial charge < -0.3 is 10.1 Å². The van der Waals surface area contributed by atoms with Gasteiger partial charge in [0.25, 0.3) is 0 Å². The average Bonchev–Trinajstić information content (AvgIpc) is 2.33. The van der Waals surface area contributed by atoms with Gasteiger partial charge in [-0.05, 0) is 35.9 Å². The van der Waals surface area contributed by atoms with Gasteiger partial charge in [0.2, 0.25) is 0 Å². The van der Waals surface area contributed by atoms with Crippen LogP contribution in [0, 0.1) is 3.57 Å². The number of methoxy groups -OCH3 is 1. The summed E-state index contributed by atoms with van der Waals surface area (Å²) in [6, 6.07) is 0. The molecule has 0 amide bonds. The van der Waals surface area contributed by atoms with E-state index < -0.39 is 0 Å². The summed E-state index contributed by atoms with van der Waals surface area (Å²) in [6.45, 7) is 11.5. The molecule has 0 aliphatic heterocycles. The summed E-state index contributed by atoms with van der Waals surface area (Å²) in [5, 5.41) is 3.32. The third-order valence-electron chi connectivity index (χ3n) is 2.87. The van der Waals surface area contributed by atoms with Crippen LogP contribution in [0.3, 0.4) is 0 Å². The highest BCUT2D eigenvalue weighted by Crippen LogP contribution is 2.31. The molecule has 4 nitrogen and oxygen atoms in total. The van der Waals surface area contributed by atoms with Crippen LogP contribution >= 0.6 is 22.6 Å². The normalized spacial score (nSPS) is 13.4. The first-order valence-corrected chi connectivity index (χ1v) is 7.77. The fraction of sp³-hybridized carbons (Fsp3) is 0.714. The number of nitrogens with zero attached hydrogens (tertiary/aromatic N) is 2. The van der Waals surface area contributed by atoms with E-state index in [9.17, 15) is 0 Å². The fourth-order valence-electron chi connectivity index (χ4n) is 1.84. The number of halogens is 1. The van der Waals surface area contributed by atoms with Crippen LogP contribution in [0.4, 0.5) is 5.82 Å². The molecule has 1 heterocycles. The fourth-order valence-corrected chi connectivity index (χ4v) is 3.09. The number of anilines is 1. The largest absolute Gasteiger partial charge is 0.373 e. The minimum Gasteiger partial charge on any atom is -0.373 e. The van der Waals surface area contributed by atoms with E-state index in [-0.39, 0.29) is 11.5 Å². The van der Waals surface area contributed by atoms with Gasteiger partial charge in [0.15, 0.2) is 5.82 Å². The molecule has 1 unspecified atom stereocenters. The van der Waals surface area contributed by atoms with E-state index in [4.69, 9.17) is 9.72 Å². The van der Waals surface area contributed by atoms with Crippen molar-refractivity contribution in [3.63, 3.8) is 0 Å². The second-order valence-electron chi connectivity index (χ2n) is 5.51. The molecule has 0 saturated carbocycles. The van der Waals surface area contributed by atoms with Gasteiger partial charge in [-0.25, -0.2) is 9.97 Å². The molecule has 1 atom stereocenters. The van der Waals surface area contributed by atoms with Gasteiger partial charge in [0, 0.05) is 19.1 Å². The predicted molar refractivity (Wildman–Crippen MR) is 87.7 cm³/mol. The van der Waals surface area contributed by atoms with E-state index in [2.05, 4.69) is 67.5 Å². The quantitative estimate of drug-likeness (QED) is 0.791. The van der Waals surface area contributed by atoms with Crippen LogP contribution in [0.5, 0.6) is 0 Å². The third kappa shape index (κ3) is 4.02. The molecule has 0 aliphatic carbocycles. The molecule has 0 aromatic carbocycles. The molecule has 0 spiro atoms. The maximum Gasteiger partial charge on any atom is 0.159 e. The number of nitrogens with one attached hydrogen (secondary N) is 1. The Morgan fingerprint density at radius 1 is 1.26 bits per heavy atom. The first-order chi connectivity index (χ1) is 8.85. The Hall–Kier alpha value is -0.430. The second-order valence-corrected chi connectivity index (χ2v) is 6.58. The maximum absolute atomic E-state index is 5.47. The van der Waals surface area contributed by atoms with E-state index in [1.165, 1.54) is 0 Å². The third-order valence-corrected chi connectivity index (χ3v) is 3.89. The molecule has 1 aromatic rings. The Kier molecular flexibility index (Phi) is 5.98. The van der Waals surface area contributed by atoms with E-state index in [0.717, 1.165) is 33.9 Å². The van der Waals surface area contributed by atoms with Crippen molar-refractivity contribution in [2.24, 2.45) is 0 Å². The molecule has 0 saturated heterocycles. The molecule has 1 aromatic heterocycles. The number of hydrogen-bond donors (Lipinski definition) is 1. The summed E-state index contributed by atoms with van der Waals surface area (Å²) in [5.41, 5.74) is 1.06. The van der Waals surface area contributed by atoms with Gasteiger partial charge >= 0.3 is 0 Å². The van der Waals surface area contributed by atoms with Gasteiger partial charge in [-0.15, -0.1) is 0 Å². The zero-order chi connectivity index (χ0) is 14.6. The standard InChI is InChI=1S/C14H24IN3O/c1-7-9(19-6)12-17-11(14(3,4)5)10(15)13(18-12)16-8-2/h9H,7-8H2,1-6H3,(H,16,17,18). The van der Waals surface area contributed by atoms with Crippen LogP contribution in [-0.4, -0.2) is 23.6 Å². The topological polar surface area (TPSA) is 47.0 Å². The van der Waals surface area contributed by atoms with Gasteiger partial charge in [0.1, 0.15) is 11.9 Å². The van der Waals surface area contributed by atoms with Crippen LogP contribution in [0.15, 0.2) is 0 Å². The van der Waals surface area contributed by atoms with Crippen LogP contribution < -0.4 is 5.32 Å². The lowest BCUT2D eigenvalue weighted by atomic mass is 9.91. The number of ether oxygens (including phenoxy) is 1. The van der Waals surface area contributed by atoms with Crippen molar-refractivity contribution in [1.82, 2.24) is 9.97 Å². The van der Waals surface area contributed by atoms with Crippen LogP contribution in [0.2, 0.25) is 0 Å². The molecule has 5 heteroatoms. The molecule has 0 aliphatic rings. The minimum absolute atomic E-state index is 0.00951. The first-order valence-electron chi connectivity index (χ1n) is 6.69. The Labute approximate surface area is 129 Å². The van der Waals surface area contributed by atoms with Crippen molar-refractivity contribution < 1.29 is 4.74 Å². The summed E-state index contributed by atoms with van der Waals surface area (Å²) in [4.78, 5) is 9.37. The Bertz CT molecular complexity index is 425. The molecular formula is C14H24IN3O. The molecule has 0 fully saturated rings. The lowest BCUT2D eigenvalue weighted by molar-refractivity contribution is 0.0922. The number of hydrogen-bond acceptors (Lipinski definition) is 4. The van der Waals surface area contributed by atoms with Gasteiger partial charge in [-0.2, -0.15) is 0 Å². The Balaban J connectivity index is 3.38. The minimum atomic E-state index is -0.0458. The Morgan fingerprint density at radius 3 is 2.32 bits per heavy atom. The summed E-state index contributed by atoms with van der Waals surface area (Å²) in [5.74, 6) is 1.68. The Morgan fingerprint density at radius 2 is 1.89 bits per heavy atom. The predicted octanol–water partition coefficient (Wildman–Crippen LogP) is 3.91. The molecule has 0 radical (unpaired) electrons. The van der Waals surface area contributed by atoms with Crippen molar-refractivity contribution in [3.8, 4) is 0 Å². The number of rotatable bonds is 5. The van der Waals surface area contributed by atoms with E-state index in [1.807, 2.05) is 0 Å². The highest BCUT2D eigenvalue weighted by molar-refractivity contribution is 14.1. The zero-order valence-corrected chi connectivity index (χ0v) is 14.8. The SMILES string of the molecule is CCNc1nc(C(CC)OC)nc(C(C)(C)C)c1I. The molecule has 19 heavy (non-hydrogen) atoms. The van der Waals surface area contributed by atoms with Crippen molar-refractivity contribution in [2.75, 3.05) is 19.0 Å². The van der Waals surface area contributed by atoms with Crippen molar-refractivity contribution in [1.29, 1.82) is 0 Å².